The predicted molar refractivity (Wildman–Crippen MR) is 77.0 cm³/mol. The summed E-state index contributed by atoms with van der Waals surface area (Å²) in [5, 5.41) is 8.48. The fraction of sp³-hybridized carbons (Fsp3) is 0.500. The molecule has 0 heterocycles. The van der Waals surface area contributed by atoms with Crippen molar-refractivity contribution in [1.82, 2.24) is 4.72 Å². The van der Waals surface area contributed by atoms with Crippen molar-refractivity contribution < 1.29 is 31.8 Å². The van der Waals surface area contributed by atoms with Crippen LogP contribution in [0.4, 0.5) is 8.78 Å². The molecule has 0 spiro atoms. The lowest BCUT2D eigenvalue weighted by atomic mass is 10.1. The number of hydrogen-bond acceptors (Lipinski definition) is 4. The molecule has 1 aromatic rings. The molecular weight excluding hydrogens is 332 g/mol. The van der Waals surface area contributed by atoms with Crippen LogP contribution >= 0.6 is 0 Å². The number of carbonyl (C=O) groups is 1. The van der Waals surface area contributed by atoms with E-state index in [4.69, 9.17) is 9.84 Å². The van der Waals surface area contributed by atoms with Gasteiger partial charge in [0.2, 0.25) is 10.0 Å². The minimum atomic E-state index is -3.90. The summed E-state index contributed by atoms with van der Waals surface area (Å²) in [5.74, 6) is -4.78. The maximum Gasteiger partial charge on any atom is 0.341 e. The van der Waals surface area contributed by atoms with Crippen molar-refractivity contribution >= 4 is 16.0 Å². The van der Waals surface area contributed by atoms with Crippen LogP contribution in [-0.2, 0) is 14.8 Å². The molecule has 1 aliphatic rings. The van der Waals surface area contributed by atoms with Crippen molar-refractivity contribution in [2.24, 2.45) is 5.92 Å². The van der Waals surface area contributed by atoms with Crippen LogP contribution in [0.3, 0.4) is 0 Å². The number of sulfonamides is 1. The lowest BCUT2D eigenvalue weighted by Gasteiger charge is -2.19. The number of carboxylic acid groups (broad SMARTS) is 1. The summed E-state index contributed by atoms with van der Waals surface area (Å²) in [6.45, 7) is -0.853. The van der Waals surface area contributed by atoms with Crippen molar-refractivity contribution in [2.45, 2.75) is 30.1 Å². The number of halogens is 2. The van der Waals surface area contributed by atoms with Gasteiger partial charge in [-0.05, 0) is 37.1 Å². The van der Waals surface area contributed by atoms with Crippen LogP contribution in [-0.4, -0.2) is 38.6 Å². The zero-order valence-corrected chi connectivity index (χ0v) is 13.0. The maximum absolute atomic E-state index is 13.5. The molecule has 0 bridgehead atoms. The fourth-order valence-electron chi connectivity index (χ4n) is 2.40. The van der Waals surface area contributed by atoms with Crippen LogP contribution in [0, 0.1) is 5.92 Å². The molecule has 1 aliphatic carbocycles. The lowest BCUT2D eigenvalue weighted by Crippen LogP contribution is -2.35. The van der Waals surface area contributed by atoms with E-state index >= 15 is 0 Å². The second kappa shape index (κ2) is 6.79. The van der Waals surface area contributed by atoms with E-state index in [2.05, 4.69) is 4.72 Å². The van der Waals surface area contributed by atoms with Crippen molar-refractivity contribution in [2.75, 3.05) is 13.2 Å². The van der Waals surface area contributed by atoms with E-state index in [1.807, 2.05) is 0 Å². The van der Waals surface area contributed by atoms with Gasteiger partial charge in [-0.25, -0.2) is 26.7 Å². The number of ether oxygens (including phenoxy) is 1. The minimum absolute atomic E-state index is 0.0958. The summed E-state index contributed by atoms with van der Waals surface area (Å²) in [5.41, 5.74) is 0. The molecule has 1 unspecified atom stereocenters. The lowest BCUT2D eigenvalue weighted by molar-refractivity contribution is -0.139. The van der Waals surface area contributed by atoms with Crippen LogP contribution in [0.5, 0.6) is 5.75 Å². The van der Waals surface area contributed by atoms with Crippen LogP contribution in [0.25, 0.3) is 0 Å². The monoisotopic (exact) mass is 349 g/mol. The second-order valence-corrected chi connectivity index (χ2v) is 7.12. The van der Waals surface area contributed by atoms with E-state index in [0.29, 0.717) is 6.42 Å². The van der Waals surface area contributed by atoms with Gasteiger partial charge in [0.05, 0.1) is 4.90 Å². The molecule has 0 aliphatic heterocycles. The second-order valence-electron chi connectivity index (χ2n) is 5.36. The van der Waals surface area contributed by atoms with Gasteiger partial charge >= 0.3 is 5.97 Å². The Bertz CT molecular complexity index is 660. The van der Waals surface area contributed by atoms with Gasteiger partial charge in [-0.1, -0.05) is 0 Å². The number of benzene rings is 1. The van der Waals surface area contributed by atoms with Gasteiger partial charge < -0.3 is 9.84 Å². The summed E-state index contributed by atoms with van der Waals surface area (Å²) < 4.78 is 58.2. The minimum Gasteiger partial charge on any atom is -0.482 e. The van der Waals surface area contributed by atoms with Crippen molar-refractivity contribution in [1.29, 1.82) is 0 Å². The van der Waals surface area contributed by atoms with Gasteiger partial charge in [-0.3, -0.25) is 0 Å². The Hall–Kier alpha value is -1.74. The normalized spacial score (nSPS) is 20.3. The smallest absolute Gasteiger partial charge is 0.341 e. The molecule has 0 aromatic heterocycles. The van der Waals surface area contributed by atoms with Gasteiger partial charge in [-0.15, -0.1) is 0 Å². The van der Waals surface area contributed by atoms with E-state index < -0.39 is 34.4 Å². The van der Waals surface area contributed by atoms with Gasteiger partial charge in [0.15, 0.2) is 6.61 Å². The molecule has 6 nitrogen and oxygen atoms in total. The Morgan fingerprint density at radius 3 is 2.52 bits per heavy atom. The molecule has 128 valence electrons. The molecule has 0 saturated heterocycles. The van der Waals surface area contributed by atoms with Crippen LogP contribution in [0.15, 0.2) is 29.2 Å². The molecule has 1 atom stereocenters. The third kappa shape index (κ3) is 4.61. The number of alkyl halides is 2. The molecule has 9 heteroatoms. The highest BCUT2D eigenvalue weighted by Gasteiger charge is 2.43. The summed E-state index contributed by atoms with van der Waals surface area (Å²) in [4.78, 5) is 10.3. The van der Waals surface area contributed by atoms with Crippen LogP contribution < -0.4 is 9.46 Å². The van der Waals surface area contributed by atoms with Gasteiger partial charge in [0.1, 0.15) is 5.75 Å². The predicted octanol–water partition coefficient (Wildman–Crippen LogP) is 1.86. The Labute approximate surface area is 132 Å². The summed E-state index contributed by atoms with van der Waals surface area (Å²) in [6.07, 6.45) is 0.460. The zero-order valence-electron chi connectivity index (χ0n) is 12.2. The van der Waals surface area contributed by atoms with Crippen molar-refractivity contribution in [3.05, 3.63) is 24.3 Å². The first-order valence-electron chi connectivity index (χ1n) is 7.03. The average Bonchev–Trinajstić information content (AvgIpc) is 2.82. The topological polar surface area (TPSA) is 92.7 Å². The standard InChI is InChI=1S/C14H17F2NO5S/c15-14(16)7-1-2-10(14)8-17-23(20,21)12-5-3-11(4-6-12)22-9-13(18)19/h3-6,10,17H,1-2,7-9H2,(H,18,19). The molecular formula is C14H17F2NO5S. The molecule has 2 rings (SSSR count). The number of rotatable bonds is 7. The Kier molecular flexibility index (Phi) is 5.20. The molecule has 1 saturated carbocycles. The Morgan fingerprint density at radius 2 is 2.00 bits per heavy atom. The quantitative estimate of drug-likeness (QED) is 0.784. The van der Waals surface area contributed by atoms with Crippen molar-refractivity contribution in [3.8, 4) is 5.75 Å². The SMILES string of the molecule is O=C(O)COc1ccc(S(=O)(=O)NCC2CCCC2(F)F)cc1. The molecule has 2 N–H and O–H groups in total. The van der Waals surface area contributed by atoms with E-state index in [9.17, 15) is 22.0 Å². The first-order valence-corrected chi connectivity index (χ1v) is 8.51. The van der Waals surface area contributed by atoms with Crippen LogP contribution in [0.2, 0.25) is 0 Å². The average molecular weight is 349 g/mol. The summed E-state index contributed by atoms with van der Waals surface area (Å²) in [7, 11) is -3.90. The highest BCUT2D eigenvalue weighted by atomic mass is 32.2. The summed E-state index contributed by atoms with van der Waals surface area (Å²) in [6, 6.07) is 5.07. The van der Waals surface area contributed by atoms with E-state index in [1.54, 1.807) is 0 Å². The highest BCUT2D eigenvalue weighted by Crippen LogP contribution is 2.39. The van der Waals surface area contributed by atoms with E-state index in [0.717, 1.165) is 0 Å². The Morgan fingerprint density at radius 1 is 1.35 bits per heavy atom. The first kappa shape index (κ1) is 17.6. The molecule has 1 fully saturated rings. The number of aliphatic carboxylic acids is 1. The molecule has 0 amide bonds. The fourth-order valence-corrected chi connectivity index (χ4v) is 3.49. The largest absolute Gasteiger partial charge is 0.482 e. The van der Waals surface area contributed by atoms with Gasteiger partial charge in [0, 0.05) is 18.9 Å². The van der Waals surface area contributed by atoms with Crippen molar-refractivity contribution in [3.63, 3.8) is 0 Å². The number of hydrogen-bond donors (Lipinski definition) is 2. The van der Waals surface area contributed by atoms with Crippen LogP contribution in [0.1, 0.15) is 19.3 Å². The third-order valence-electron chi connectivity index (χ3n) is 3.68. The number of carboxylic acids is 1. The third-order valence-corrected chi connectivity index (χ3v) is 5.12. The highest BCUT2D eigenvalue weighted by molar-refractivity contribution is 7.89. The molecule has 23 heavy (non-hydrogen) atoms. The maximum atomic E-state index is 13.5. The number of nitrogens with one attached hydrogen (secondary N) is 1. The van der Waals surface area contributed by atoms with Gasteiger partial charge in [-0.2, -0.15) is 0 Å². The van der Waals surface area contributed by atoms with E-state index in [1.165, 1.54) is 24.3 Å². The zero-order chi connectivity index (χ0) is 17.1. The van der Waals surface area contributed by atoms with E-state index in [-0.39, 0.29) is 30.0 Å². The summed E-state index contributed by atoms with van der Waals surface area (Å²) >= 11 is 0. The first-order chi connectivity index (χ1) is 10.7. The van der Waals surface area contributed by atoms with Gasteiger partial charge in [0.25, 0.3) is 5.92 Å². The Balaban J connectivity index is 1.98. The molecule has 1 aromatic carbocycles. The molecule has 0 radical (unpaired) electrons.